The van der Waals surface area contributed by atoms with Gasteiger partial charge in [0.2, 0.25) is 5.91 Å². The molecule has 0 aliphatic rings. The molecule has 2 heterocycles. The second-order valence-corrected chi connectivity index (χ2v) is 6.37. The highest BCUT2D eigenvalue weighted by atomic mass is 32.1. The number of para-hydroxylation sites is 1. The zero-order valence-electron chi connectivity index (χ0n) is 13.5. The fourth-order valence-electron chi connectivity index (χ4n) is 2.46. The molecule has 0 bridgehead atoms. The van der Waals surface area contributed by atoms with Crippen molar-refractivity contribution in [3.8, 4) is 11.3 Å². The van der Waals surface area contributed by atoms with Gasteiger partial charge in [0, 0.05) is 41.9 Å². The van der Waals surface area contributed by atoms with E-state index in [1.54, 1.807) is 23.7 Å². The molecule has 1 amide bonds. The molecule has 122 valence electrons. The van der Waals surface area contributed by atoms with Crippen molar-refractivity contribution in [1.82, 2.24) is 9.97 Å². The van der Waals surface area contributed by atoms with E-state index in [1.807, 2.05) is 41.8 Å². The van der Waals surface area contributed by atoms with Crippen LogP contribution in [0.3, 0.4) is 0 Å². The summed E-state index contributed by atoms with van der Waals surface area (Å²) in [6.07, 6.45) is 5.52. The summed E-state index contributed by atoms with van der Waals surface area (Å²) in [4.78, 5) is 20.9. The average Bonchev–Trinajstić information content (AvgIpc) is 3.10. The fraction of sp³-hybridized carbons (Fsp3) is 0.211. The zero-order valence-corrected chi connectivity index (χ0v) is 14.3. The summed E-state index contributed by atoms with van der Waals surface area (Å²) >= 11 is 1.58. The molecule has 0 spiro atoms. The number of benzene rings is 1. The number of hydrogen-bond acceptors (Lipinski definition) is 4. The van der Waals surface area contributed by atoms with Gasteiger partial charge in [0.15, 0.2) is 0 Å². The molecule has 2 aromatic heterocycles. The Bertz CT molecular complexity index is 814. The summed E-state index contributed by atoms with van der Waals surface area (Å²) in [5.74, 6) is 0.0222. The van der Waals surface area contributed by atoms with E-state index in [1.165, 1.54) is 0 Å². The van der Waals surface area contributed by atoms with Gasteiger partial charge in [-0.15, -0.1) is 11.3 Å². The first-order valence-electron chi connectivity index (χ1n) is 7.99. The van der Waals surface area contributed by atoms with Crippen LogP contribution in [-0.2, 0) is 17.6 Å². The van der Waals surface area contributed by atoms with Crippen molar-refractivity contribution in [3.63, 3.8) is 0 Å². The number of pyridine rings is 1. The third kappa shape index (κ3) is 4.06. The average molecular weight is 337 g/mol. The van der Waals surface area contributed by atoms with Gasteiger partial charge in [-0.25, -0.2) is 4.98 Å². The molecule has 3 rings (SSSR count). The van der Waals surface area contributed by atoms with E-state index >= 15 is 0 Å². The van der Waals surface area contributed by atoms with Crippen molar-refractivity contribution in [1.29, 1.82) is 0 Å². The summed E-state index contributed by atoms with van der Waals surface area (Å²) in [5, 5.41) is 5.97. The molecule has 0 fully saturated rings. The summed E-state index contributed by atoms with van der Waals surface area (Å²) in [6, 6.07) is 11.8. The lowest BCUT2D eigenvalue weighted by atomic mass is 10.1. The van der Waals surface area contributed by atoms with Crippen molar-refractivity contribution < 1.29 is 4.79 Å². The molecule has 0 aliphatic heterocycles. The minimum atomic E-state index is 0.0222. The van der Waals surface area contributed by atoms with E-state index in [-0.39, 0.29) is 5.91 Å². The number of amides is 1. The molecule has 1 N–H and O–H groups in total. The van der Waals surface area contributed by atoms with Crippen molar-refractivity contribution in [3.05, 3.63) is 64.7 Å². The van der Waals surface area contributed by atoms with E-state index in [2.05, 4.69) is 22.2 Å². The molecule has 0 aliphatic carbocycles. The molecule has 0 radical (unpaired) electrons. The Morgan fingerprint density at radius 2 is 2.08 bits per heavy atom. The fourth-order valence-corrected chi connectivity index (χ4v) is 3.26. The van der Waals surface area contributed by atoms with Gasteiger partial charge in [0.25, 0.3) is 0 Å². The van der Waals surface area contributed by atoms with Gasteiger partial charge in [0.05, 0.1) is 10.7 Å². The second kappa shape index (κ2) is 7.84. The third-order valence-electron chi connectivity index (χ3n) is 3.75. The summed E-state index contributed by atoms with van der Waals surface area (Å²) in [7, 11) is 0. The van der Waals surface area contributed by atoms with Gasteiger partial charge in [-0.2, -0.15) is 0 Å². The summed E-state index contributed by atoms with van der Waals surface area (Å²) in [6.45, 7) is 2.08. The number of rotatable bonds is 6. The Hall–Kier alpha value is -2.53. The lowest BCUT2D eigenvalue weighted by molar-refractivity contribution is -0.116. The molecule has 4 nitrogen and oxygen atoms in total. The Morgan fingerprint density at radius 1 is 1.21 bits per heavy atom. The first kappa shape index (κ1) is 16.3. The predicted octanol–water partition coefficient (Wildman–Crippen LogP) is 4.34. The highest BCUT2D eigenvalue weighted by molar-refractivity contribution is 7.09. The van der Waals surface area contributed by atoms with Crippen LogP contribution < -0.4 is 5.32 Å². The van der Waals surface area contributed by atoms with Gasteiger partial charge in [-0.1, -0.05) is 25.1 Å². The van der Waals surface area contributed by atoms with Gasteiger partial charge in [-0.05, 0) is 30.2 Å². The Balaban J connectivity index is 1.58. The van der Waals surface area contributed by atoms with Crippen LogP contribution >= 0.6 is 11.3 Å². The van der Waals surface area contributed by atoms with Crippen LogP contribution in [0.1, 0.15) is 23.9 Å². The number of nitrogens with one attached hydrogen (secondary N) is 1. The quantitative estimate of drug-likeness (QED) is 0.728. The van der Waals surface area contributed by atoms with Gasteiger partial charge < -0.3 is 5.32 Å². The monoisotopic (exact) mass is 337 g/mol. The SMILES string of the molecule is CCc1ccccc1NC(=O)CCc1nc(-c2cccnc2)cs1. The third-order valence-corrected chi connectivity index (χ3v) is 4.66. The second-order valence-electron chi connectivity index (χ2n) is 5.43. The van der Waals surface area contributed by atoms with Crippen molar-refractivity contribution in [2.45, 2.75) is 26.2 Å². The summed E-state index contributed by atoms with van der Waals surface area (Å²) in [5.41, 5.74) is 3.97. The number of aromatic nitrogens is 2. The number of anilines is 1. The maximum absolute atomic E-state index is 12.2. The van der Waals surface area contributed by atoms with Crippen LogP contribution in [0.2, 0.25) is 0 Å². The molecule has 0 saturated heterocycles. The Labute approximate surface area is 145 Å². The van der Waals surface area contributed by atoms with Crippen LogP contribution in [0.5, 0.6) is 0 Å². The highest BCUT2D eigenvalue weighted by Gasteiger charge is 2.09. The van der Waals surface area contributed by atoms with Crippen LogP contribution in [0.4, 0.5) is 5.69 Å². The topological polar surface area (TPSA) is 54.9 Å². The van der Waals surface area contributed by atoms with Crippen LogP contribution in [0.25, 0.3) is 11.3 Å². The molecule has 1 aromatic carbocycles. The first-order chi connectivity index (χ1) is 11.8. The molecular formula is C19H19N3OS. The van der Waals surface area contributed by atoms with Crippen LogP contribution in [0, 0.1) is 0 Å². The smallest absolute Gasteiger partial charge is 0.224 e. The van der Waals surface area contributed by atoms with Crippen molar-refractivity contribution in [2.75, 3.05) is 5.32 Å². The number of aryl methyl sites for hydroxylation is 2. The van der Waals surface area contributed by atoms with Gasteiger partial charge >= 0.3 is 0 Å². The van der Waals surface area contributed by atoms with E-state index in [0.29, 0.717) is 12.8 Å². The lowest BCUT2D eigenvalue weighted by Gasteiger charge is -2.09. The lowest BCUT2D eigenvalue weighted by Crippen LogP contribution is -2.13. The maximum Gasteiger partial charge on any atom is 0.224 e. The molecule has 0 atom stereocenters. The molecular weight excluding hydrogens is 318 g/mol. The number of carbonyl (C=O) groups is 1. The number of thiazole rings is 1. The van der Waals surface area contributed by atoms with Gasteiger partial charge in [-0.3, -0.25) is 9.78 Å². The maximum atomic E-state index is 12.2. The largest absolute Gasteiger partial charge is 0.326 e. The van der Waals surface area contributed by atoms with Gasteiger partial charge in [0.1, 0.15) is 0 Å². The number of carbonyl (C=O) groups excluding carboxylic acids is 1. The van der Waals surface area contributed by atoms with Crippen LogP contribution in [0.15, 0.2) is 54.2 Å². The van der Waals surface area contributed by atoms with E-state index < -0.39 is 0 Å². The first-order valence-corrected chi connectivity index (χ1v) is 8.87. The summed E-state index contributed by atoms with van der Waals surface area (Å²) < 4.78 is 0. The molecule has 0 unspecified atom stereocenters. The Kier molecular flexibility index (Phi) is 5.33. The molecule has 24 heavy (non-hydrogen) atoms. The van der Waals surface area contributed by atoms with Crippen molar-refractivity contribution in [2.24, 2.45) is 0 Å². The van der Waals surface area contributed by atoms with E-state index in [4.69, 9.17) is 0 Å². The number of nitrogens with zero attached hydrogens (tertiary/aromatic N) is 2. The van der Waals surface area contributed by atoms with E-state index in [0.717, 1.165) is 33.9 Å². The molecule has 0 saturated carbocycles. The predicted molar refractivity (Wildman–Crippen MR) is 98.1 cm³/mol. The standard InChI is InChI=1S/C19H19N3OS/c1-2-14-6-3-4-8-16(14)21-18(23)9-10-19-22-17(13-24-19)15-7-5-11-20-12-15/h3-8,11-13H,2,9-10H2,1H3,(H,21,23). The normalized spacial score (nSPS) is 10.5. The highest BCUT2D eigenvalue weighted by Crippen LogP contribution is 2.22. The minimum Gasteiger partial charge on any atom is -0.326 e. The Morgan fingerprint density at radius 3 is 2.88 bits per heavy atom. The van der Waals surface area contributed by atoms with Crippen LogP contribution in [-0.4, -0.2) is 15.9 Å². The molecule has 3 aromatic rings. The minimum absolute atomic E-state index is 0.0222. The number of hydrogen-bond donors (Lipinski definition) is 1. The van der Waals surface area contributed by atoms with E-state index in [9.17, 15) is 4.79 Å². The zero-order chi connectivity index (χ0) is 16.8. The molecule has 5 heteroatoms. The van der Waals surface area contributed by atoms with Crippen molar-refractivity contribution >= 4 is 22.9 Å².